The minimum atomic E-state index is -4.49. The Morgan fingerprint density at radius 1 is 1.19 bits per heavy atom. The highest BCUT2D eigenvalue weighted by Gasteiger charge is 2.30. The minimum Gasteiger partial charge on any atom is -0.323 e. The third-order valence-corrected chi connectivity index (χ3v) is 3.59. The number of carbonyl (C=O) groups is 1. The number of amides is 2. The van der Waals surface area contributed by atoms with Crippen molar-refractivity contribution in [1.29, 1.82) is 5.26 Å². The smallest absolute Gasteiger partial charge is 0.323 e. The van der Waals surface area contributed by atoms with Crippen LogP contribution < -0.4 is 5.32 Å². The lowest BCUT2D eigenvalue weighted by molar-refractivity contribution is -0.137. The van der Waals surface area contributed by atoms with Crippen LogP contribution >= 0.6 is 0 Å². The van der Waals surface area contributed by atoms with Crippen LogP contribution in [0.4, 0.5) is 23.7 Å². The van der Waals surface area contributed by atoms with Gasteiger partial charge in [0.2, 0.25) is 0 Å². The normalized spacial score (nSPS) is 10.8. The molecule has 26 heavy (non-hydrogen) atoms. The highest BCUT2D eigenvalue weighted by atomic mass is 19.4. The fraction of sp³-hybridized carbons (Fsp3) is 0.278. The van der Waals surface area contributed by atoms with Crippen molar-refractivity contribution in [1.82, 2.24) is 9.88 Å². The Bertz CT molecular complexity index is 772. The van der Waals surface area contributed by atoms with E-state index in [2.05, 4.69) is 10.3 Å². The third kappa shape index (κ3) is 5.77. The monoisotopic (exact) mass is 362 g/mol. The Morgan fingerprint density at radius 2 is 2.00 bits per heavy atom. The highest BCUT2D eigenvalue weighted by Crippen LogP contribution is 2.30. The van der Waals surface area contributed by atoms with Gasteiger partial charge >= 0.3 is 12.2 Å². The maximum absolute atomic E-state index is 12.8. The Morgan fingerprint density at radius 3 is 2.65 bits per heavy atom. The zero-order valence-corrected chi connectivity index (χ0v) is 13.8. The van der Waals surface area contributed by atoms with E-state index in [1.807, 2.05) is 18.2 Å². The zero-order valence-electron chi connectivity index (χ0n) is 13.8. The maximum atomic E-state index is 12.8. The predicted molar refractivity (Wildman–Crippen MR) is 90.2 cm³/mol. The first kappa shape index (κ1) is 19.2. The van der Waals surface area contributed by atoms with Crippen LogP contribution in [0.1, 0.15) is 17.7 Å². The Hall–Kier alpha value is -3.08. The lowest BCUT2D eigenvalue weighted by Crippen LogP contribution is -2.37. The molecule has 0 bridgehead atoms. The maximum Gasteiger partial charge on any atom is 0.416 e. The predicted octanol–water partition coefficient (Wildman–Crippen LogP) is 4.09. The molecule has 5 nitrogen and oxygen atoms in total. The fourth-order valence-corrected chi connectivity index (χ4v) is 2.27. The number of urea groups is 1. The molecule has 1 heterocycles. The summed E-state index contributed by atoms with van der Waals surface area (Å²) < 4.78 is 38.3. The molecule has 0 fully saturated rings. The number of alkyl halides is 3. The van der Waals surface area contributed by atoms with Gasteiger partial charge in [0.25, 0.3) is 0 Å². The van der Waals surface area contributed by atoms with Crippen molar-refractivity contribution in [2.24, 2.45) is 0 Å². The highest BCUT2D eigenvalue weighted by molar-refractivity contribution is 5.89. The summed E-state index contributed by atoms with van der Waals surface area (Å²) in [6.07, 6.45) is -2.25. The van der Waals surface area contributed by atoms with Gasteiger partial charge in [-0.15, -0.1) is 0 Å². The molecule has 0 aliphatic rings. The molecule has 1 aromatic heterocycles. The van der Waals surface area contributed by atoms with E-state index in [-0.39, 0.29) is 18.7 Å². The quantitative estimate of drug-likeness (QED) is 0.841. The molecule has 0 saturated carbocycles. The van der Waals surface area contributed by atoms with E-state index in [0.29, 0.717) is 13.0 Å². The van der Waals surface area contributed by atoms with Gasteiger partial charge in [-0.05, 0) is 30.3 Å². The molecule has 1 N–H and O–H groups in total. The molecule has 136 valence electrons. The van der Waals surface area contributed by atoms with E-state index in [4.69, 9.17) is 5.26 Å². The van der Waals surface area contributed by atoms with Crippen molar-refractivity contribution in [2.45, 2.75) is 19.0 Å². The minimum absolute atomic E-state index is 0.0459. The summed E-state index contributed by atoms with van der Waals surface area (Å²) in [5.74, 6) is 0. The standard InChI is InChI=1S/C18H17F3N4O/c19-18(20,21)14-5-3-7-16(13-14)24-17(26)25(11-4-9-22)12-8-15-6-1-2-10-23-15/h1-3,5-7,10,13H,4,8,11-12H2,(H,24,26). The van der Waals surface area contributed by atoms with Crippen LogP contribution in [0.25, 0.3) is 0 Å². The molecule has 0 aliphatic heterocycles. The number of nitrogens with one attached hydrogen (secondary N) is 1. The largest absolute Gasteiger partial charge is 0.416 e. The number of nitriles is 1. The average Bonchev–Trinajstić information content (AvgIpc) is 2.62. The number of aromatic nitrogens is 1. The van der Waals surface area contributed by atoms with Gasteiger partial charge in [0, 0.05) is 37.1 Å². The van der Waals surface area contributed by atoms with Gasteiger partial charge in [0.05, 0.1) is 18.1 Å². The molecule has 0 radical (unpaired) electrons. The second-order valence-corrected chi connectivity index (χ2v) is 5.47. The number of carbonyl (C=O) groups excluding carboxylic acids is 1. The van der Waals surface area contributed by atoms with Gasteiger partial charge in [0.15, 0.2) is 0 Å². The fourth-order valence-electron chi connectivity index (χ4n) is 2.27. The molecule has 0 aliphatic carbocycles. The zero-order chi connectivity index (χ0) is 19.0. The van der Waals surface area contributed by atoms with Crippen LogP contribution in [0.3, 0.4) is 0 Å². The van der Waals surface area contributed by atoms with E-state index >= 15 is 0 Å². The van der Waals surface area contributed by atoms with Crippen molar-refractivity contribution in [3.05, 3.63) is 59.9 Å². The lowest BCUT2D eigenvalue weighted by atomic mass is 10.2. The number of pyridine rings is 1. The third-order valence-electron chi connectivity index (χ3n) is 3.59. The Kier molecular flexibility index (Phi) is 6.55. The summed E-state index contributed by atoms with van der Waals surface area (Å²) in [5.41, 5.74) is -0.0155. The number of rotatable bonds is 6. The number of halogens is 3. The lowest BCUT2D eigenvalue weighted by Gasteiger charge is -2.22. The summed E-state index contributed by atoms with van der Waals surface area (Å²) in [6.45, 7) is 0.470. The van der Waals surface area contributed by atoms with E-state index in [1.54, 1.807) is 12.3 Å². The number of hydrogen-bond donors (Lipinski definition) is 1. The summed E-state index contributed by atoms with van der Waals surface area (Å²) in [6, 6.07) is 11.2. The van der Waals surface area contributed by atoms with Crippen LogP contribution in [0.2, 0.25) is 0 Å². The first-order chi connectivity index (χ1) is 12.4. The molecule has 8 heteroatoms. The molecule has 0 atom stereocenters. The van der Waals surface area contributed by atoms with E-state index in [9.17, 15) is 18.0 Å². The molecule has 0 spiro atoms. The second kappa shape index (κ2) is 8.85. The van der Waals surface area contributed by atoms with E-state index in [1.165, 1.54) is 17.0 Å². The van der Waals surface area contributed by atoms with Crippen molar-refractivity contribution >= 4 is 11.7 Å². The van der Waals surface area contributed by atoms with Crippen LogP contribution in [-0.4, -0.2) is 29.0 Å². The molecule has 2 amide bonds. The number of hydrogen-bond acceptors (Lipinski definition) is 3. The van der Waals surface area contributed by atoms with Crippen molar-refractivity contribution in [3.8, 4) is 6.07 Å². The van der Waals surface area contributed by atoms with Crippen molar-refractivity contribution < 1.29 is 18.0 Å². The molecule has 0 unspecified atom stereocenters. The van der Waals surface area contributed by atoms with Crippen molar-refractivity contribution in [3.63, 3.8) is 0 Å². The number of nitrogens with zero attached hydrogens (tertiary/aromatic N) is 3. The summed E-state index contributed by atoms with van der Waals surface area (Å²) >= 11 is 0. The molecular formula is C18H17F3N4O. The summed E-state index contributed by atoms with van der Waals surface area (Å²) in [7, 11) is 0. The van der Waals surface area contributed by atoms with Gasteiger partial charge in [0.1, 0.15) is 0 Å². The van der Waals surface area contributed by atoms with Crippen LogP contribution in [-0.2, 0) is 12.6 Å². The average molecular weight is 362 g/mol. The SMILES string of the molecule is N#CCCN(CCc1ccccn1)C(=O)Nc1cccc(C(F)(F)F)c1. The van der Waals surface area contributed by atoms with Crippen LogP contribution in [0.15, 0.2) is 48.7 Å². The van der Waals surface area contributed by atoms with Crippen LogP contribution in [0.5, 0.6) is 0 Å². The number of benzene rings is 1. The molecule has 2 aromatic rings. The Balaban J connectivity index is 2.05. The van der Waals surface area contributed by atoms with Gasteiger partial charge in [-0.1, -0.05) is 12.1 Å². The first-order valence-electron chi connectivity index (χ1n) is 7.90. The van der Waals surface area contributed by atoms with Gasteiger partial charge in [-0.25, -0.2) is 4.79 Å². The summed E-state index contributed by atoms with van der Waals surface area (Å²) in [5, 5.41) is 11.2. The summed E-state index contributed by atoms with van der Waals surface area (Å²) in [4.78, 5) is 18.0. The van der Waals surface area contributed by atoms with E-state index in [0.717, 1.165) is 17.8 Å². The topological polar surface area (TPSA) is 69.0 Å². The van der Waals surface area contributed by atoms with Gasteiger partial charge in [-0.2, -0.15) is 18.4 Å². The molecule has 1 aromatic carbocycles. The number of anilines is 1. The molecule has 0 saturated heterocycles. The second-order valence-electron chi connectivity index (χ2n) is 5.47. The molecular weight excluding hydrogens is 345 g/mol. The Labute approximate surface area is 149 Å². The van der Waals surface area contributed by atoms with Crippen LogP contribution in [0, 0.1) is 11.3 Å². The van der Waals surface area contributed by atoms with Gasteiger partial charge < -0.3 is 10.2 Å². The first-order valence-corrected chi connectivity index (χ1v) is 7.90. The van der Waals surface area contributed by atoms with Crippen molar-refractivity contribution in [2.75, 3.05) is 18.4 Å². The van der Waals surface area contributed by atoms with Gasteiger partial charge in [-0.3, -0.25) is 4.98 Å². The van der Waals surface area contributed by atoms with E-state index < -0.39 is 17.8 Å². The molecule has 2 rings (SSSR count).